The van der Waals surface area contributed by atoms with Crippen LogP contribution in [0.1, 0.15) is 28.9 Å². The van der Waals surface area contributed by atoms with Crippen molar-refractivity contribution in [3.8, 4) is 11.4 Å². The lowest BCUT2D eigenvalue weighted by Crippen LogP contribution is -2.48. The molecule has 1 aliphatic rings. The van der Waals surface area contributed by atoms with Crippen molar-refractivity contribution in [3.05, 3.63) is 76.3 Å². The number of carbonyl (C=O) groups is 1. The zero-order valence-corrected chi connectivity index (χ0v) is 16.3. The number of benzene rings is 2. The van der Waals surface area contributed by atoms with Gasteiger partial charge in [-0.2, -0.15) is 0 Å². The molecule has 150 valence electrons. The van der Waals surface area contributed by atoms with Gasteiger partial charge in [-0.05, 0) is 52.8 Å². The summed E-state index contributed by atoms with van der Waals surface area (Å²) in [6.07, 6.45) is 2.85. The van der Waals surface area contributed by atoms with Crippen molar-refractivity contribution in [2.75, 3.05) is 20.2 Å². The number of carbonyl (C=O) groups excluding carboxylic acids is 1. The lowest BCUT2D eigenvalue weighted by atomic mass is 9.90. The Morgan fingerprint density at radius 1 is 1.14 bits per heavy atom. The van der Waals surface area contributed by atoms with E-state index in [4.69, 9.17) is 9.26 Å². The van der Waals surface area contributed by atoms with E-state index in [1.54, 1.807) is 36.3 Å². The predicted octanol–water partition coefficient (Wildman–Crippen LogP) is 2.35. The van der Waals surface area contributed by atoms with E-state index >= 15 is 0 Å². The standard InChI is InChI=1S/C22H23N3O4/c1-28-19-9-7-18(8-10-19)25-20(22(27)29-23-25)21(26)24-13-11-17(12-14-24)15-16-5-3-2-4-6-16/h2-10,17H,11-15H2,1H3/p+1. The molecule has 1 fully saturated rings. The first-order chi connectivity index (χ1) is 14.2. The van der Waals surface area contributed by atoms with Crippen LogP contribution in [0.5, 0.6) is 5.75 Å². The second kappa shape index (κ2) is 8.34. The number of nitrogens with one attached hydrogen (secondary N) is 1. The summed E-state index contributed by atoms with van der Waals surface area (Å²) in [7, 11) is 1.58. The molecular formula is C22H24N3O4+. The molecule has 0 bridgehead atoms. The number of hydrogen-bond donors (Lipinski definition) is 1. The third-order valence-electron chi connectivity index (χ3n) is 5.45. The van der Waals surface area contributed by atoms with Gasteiger partial charge < -0.3 is 9.64 Å². The first-order valence-electron chi connectivity index (χ1n) is 9.77. The molecule has 29 heavy (non-hydrogen) atoms. The highest BCUT2D eigenvalue weighted by Crippen LogP contribution is 2.22. The second-order valence-corrected chi connectivity index (χ2v) is 7.29. The molecule has 0 unspecified atom stereocenters. The van der Waals surface area contributed by atoms with Gasteiger partial charge in [0.05, 0.1) is 7.11 Å². The Hall–Kier alpha value is -3.35. The lowest BCUT2D eigenvalue weighted by molar-refractivity contribution is -0.672. The molecule has 1 saturated heterocycles. The number of methoxy groups -OCH3 is 1. The molecule has 0 aliphatic carbocycles. The maximum Gasteiger partial charge on any atom is 0.441 e. The first kappa shape index (κ1) is 19.0. The van der Waals surface area contributed by atoms with Crippen molar-refractivity contribution in [1.82, 2.24) is 10.2 Å². The summed E-state index contributed by atoms with van der Waals surface area (Å²) in [5.41, 5.74) is 1.26. The van der Waals surface area contributed by atoms with E-state index in [1.165, 1.54) is 10.2 Å². The fourth-order valence-electron chi connectivity index (χ4n) is 3.81. The van der Waals surface area contributed by atoms with Gasteiger partial charge in [0.1, 0.15) is 5.75 Å². The number of rotatable bonds is 5. The van der Waals surface area contributed by atoms with Gasteiger partial charge in [-0.3, -0.25) is 9.32 Å². The molecule has 1 aliphatic heterocycles. The molecule has 0 saturated carbocycles. The van der Waals surface area contributed by atoms with Gasteiger partial charge >= 0.3 is 17.2 Å². The van der Waals surface area contributed by atoms with Crippen molar-refractivity contribution < 1.29 is 18.7 Å². The maximum absolute atomic E-state index is 13.1. The quantitative estimate of drug-likeness (QED) is 0.674. The number of aromatic nitrogens is 2. The number of aromatic amines is 1. The number of piperidine rings is 1. The van der Waals surface area contributed by atoms with E-state index in [1.807, 2.05) is 6.07 Å². The largest absolute Gasteiger partial charge is 0.497 e. The first-order valence-corrected chi connectivity index (χ1v) is 9.77. The van der Waals surface area contributed by atoms with Crippen LogP contribution >= 0.6 is 0 Å². The van der Waals surface area contributed by atoms with Gasteiger partial charge in [0.25, 0.3) is 0 Å². The average molecular weight is 394 g/mol. The summed E-state index contributed by atoms with van der Waals surface area (Å²) >= 11 is 0. The van der Waals surface area contributed by atoms with Crippen LogP contribution in [0.2, 0.25) is 0 Å². The SMILES string of the molecule is COc1ccc(-[n+]2[nH]oc(=O)c2C(=O)N2CCC(Cc3ccccc3)CC2)cc1. The minimum atomic E-state index is -0.669. The fourth-order valence-corrected chi connectivity index (χ4v) is 3.81. The summed E-state index contributed by atoms with van der Waals surface area (Å²) < 4.78 is 11.5. The van der Waals surface area contributed by atoms with E-state index in [0.717, 1.165) is 19.3 Å². The molecule has 2 aromatic carbocycles. The molecule has 2 heterocycles. The monoisotopic (exact) mass is 394 g/mol. The van der Waals surface area contributed by atoms with Crippen LogP contribution in [0.3, 0.4) is 0 Å². The molecule has 4 rings (SSSR count). The van der Waals surface area contributed by atoms with E-state index < -0.39 is 5.63 Å². The molecule has 0 spiro atoms. The Morgan fingerprint density at radius 3 is 2.48 bits per heavy atom. The third-order valence-corrected chi connectivity index (χ3v) is 5.45. The Kier molecular flexibility index (Phi) is 5.46. The normalized spacial score (nSPS) is 14.7. The molecule has 1 N–H and O–H groups in total. The highest BCUT2D eigenvalue weighted by molar-refractivity contribution is 5.90. The van der Waals surface area contributed by atoms with E-state index in [0.29, 0.717) is 30.4 Å². The van der Waals surface area contributed by atoms with Crippen LogP contribution in [0.4, 0.5) is 0 Å². The highest BCUT2D eigenvalue weighted by Gasteiger charge is 2.36. The van der Waals surface area contributed by atoms with Gasteiger partial charge in [-0.1, -0.05) is 30.3 Å². The average Bonchev–Trinajstić information content (AvgIpc) is 3.16. The highest BCUT2D eigenvalue weighted by atomic mass is 16.5. The fraction of sp³-hybridized carbons (Fsp3) is 0.318. The minimum absolute atomic E-state index is 0.0170. The van der Waals surface area contributed by atoms with E-state index in [2.05, 4.69) is 29.5 Å². The Balaban J connectivity index is 1.46. The minimum Gasteiger partial charge on any atom is -0.497 e. The summed E-state index contributed by atoms with van der Waals surface area (Å²) in [6.45, 7) is 1.26. The van der Waals surface area contributed by atoms with Crippen molar-refractivity contribution in [3.63, 3.8) is 0 Å². The lowest BCUT2D eigenvalue weighted by Gasteiger charge is -2.30. The third kappa shape index (κ3) is 4.08. The van der Waals surface area contributed by atoms with E-state index in [-0.39, 0.29) is 11.6 Å². The molecular weight excluding hydrogens is 370 g/mol. The Labute approximate surface area is 168 Å². The predicted molar refractivity (Wildman–Crippen MR) is 106 cm³/mol. The molecule has 0 radical (unpaired) electrons. The van der Waals surface area contributed by atoms with Gasteiger partial charge in [0.2, 0.25) is 5.69 Å². The smallest absolute Gasteiger partial charge is 0.441 e. The van der Waals surface area contributed by atoms with Gasteiger partial charge in [-0.15, -0.1) is 0 Å². The van der Waals surface area contributed by atoms with Gasteiger partial charge in [0.15, 0.2) is 0 Å². The number of H-pyrrole nitrogens is 1. The van der Waals surface area contributed by atoms with E-state index in [9.17, 15) is 9.59 Å². The Morgan fingerprint density at radius 2 is 1.83 bits per heavy atom. The van der Waals surface area contributed by atoms with Crippen LogP contribution in [-0.2, 0) is 6.42 Å². The Bertz CT molecular complexity index is 1020. The summed E-state index contributed by atoms with van der Waals surface area (Å²) in [5, 5.41) is 2.53. The number of nitrogens with zero attached hydrogens (tertiary/aromatic N) is 2. The van der Waals surface area contributed by atoms with Gasteiger partial charge in [-0.25, -0.2) is 4.79 Å². The molecule has 1 amide bonds. The molecule has 7 nitrogen and oxygen atoms in total. The molecule has 3 aromatic rings. The molecule has 1 aromatic heterocycles. The number of likely N-dealkylation sites (tertiary alicyclic amines) is 1. The van der Waals surface area contributed by atoms with Crippen LogP contribution < -0.4 is 15.0 Å². The summed E-state index contributed by atoms with van der Waals surface area (Å²) in [5.74, 6) is 0.917. The van der Waals surface area contributed by atoms with Gasteiger partial charge in [0, 0.05) is 25.2 Å². The maximum atomic E-state index is 13.1. The number of hydrogen-bond acceptors (Lipinski definition) is 4. The van der Waals surface area contributed by atoms with Crippen molar-refractivity contribution in [2.24, 2.45) is 5.92 Å². The zero-order valence-electron chi connectivity index (χ0n) is 16.3. The van der Waals surface area contributed by atoms with Crippen molar-refractivity contribution >= 4 is 5.91 Å². The topological polar surface area (TPSA) is 79.4 Å². The molecule has 0 atom stereocenters. The number of ether oxygens (including phenoxy) is 1. The second-order valence-electron chi connectivity index (χ2n) is 7.29. The van der Waals surface area contributed by atoms with Crippen LogP contribution in [0.25, 0.3) is 5.69 Å². The van der Waals surface area contributed by atoms with Crippen LogP contribution in [-0.4, -0.2) is 36.3 Å². The van der Waals surface area contributed by atoms with Crippen molar-refractivity contribution in [2.45, 2.75) is 19.3 Å². The van der Waals surface area contributed by atoms with Crippen molar-refractivity contribution in [1.29, 1.82) is 0 Å². The zero-order chi connectivity index (χ0) is 20.2. The van der Waals surface area contributed by atoms with Crippen LogP contribution in [0.15, 0.2) is 63.9 Å². The number of amides is 1. The van der Waals surface area contributed by atoms with Crippen LogP contribution in [0, 0.1) is 5.92 Å². The summed E-state index contributed by atoms with van der Waals surface area (Å²) in [6, 6.07) is 17.4. The summed E-state index contributed by atoms with van der Waals surface area (Å²) in [4.78, 5) is 27.0. The molecule has 7 heteroatoms.